The highest BCUT2D eigenvalue weighted by molar-refractivity contribution is 6.32. The van der Waals surface area contributed by atoms with E-state index in [9.17, 15) is 0 Å². The quantitative estimate of drug-likeness (QED) is 0.562. The average Bonchev–Trinajstić information content (AvgIpc) is 2.33. The van der Waals surface area contributed by atoms with E-state index in [1.54, 1.807) is 6.07 Å². The van der Waals surface area contributed by atoms with Crippen LogP contribution in [0.4, 0.5) is 17.2 Å². The van der Waals surface area contributed by atoms with Gasteiger partial charge in [0.05, 0.1) is 5.69 Å². The largest absolute Gasteiger partial charge is 0.353 e. The van der Waals surface area contributed by atoms with Gasteiger partial charge in [0.2, 0.25) is 0 Å². The van der Waals surface area contributed by atoms with Gasteiger partial charge in [-0.15, -0.1) is 10.2 Å². The lowest BCUT2D eigenvalue weighted by Crippen LogP contribution is -2.09. The molecule has 6 heteroatoms. The first-order valence-corrected chi connectivity index (χ1v) is 4.99. The maximum Gasteiger partial charge on any atom is 0.175 e. The van der Waals surface area contributed by atoms with Gasteiger partial charge in [0.15, 0.2) is 11.0 Å². The predicted octanol–water partition coefficient (Wildman–Crippen LogP) is 2.16. The number of anilines is 3. The first kappa shape index (κ1) is 10.7. The third-order valence-corrected chi connectivity index (χ3v) is 2.23. The number of nitrogens with zero attached hydrogens (tertiary/aromatic N) is 2. The van der Waals surface area contributed by atoms with Crippen LogP contribution in [-0.4, -0.2) is 10.2 Å². The number of benzene rings is 1. The standard InChI is InChI=1S/C10H10ClN5/c11-10-8(6-9(14-12)15-16-10)13-7-4-2-1-3-5-7/h1-6H,12H2,(H2,13,14,15). The van der Waals surface area contributed by atoms with Crippen molar-refractivity contribution in [2.24, 2.45) is 5.84 Å². The Morgan fingerprint density at radius 1 is 1.12 bits per heavy atom. The molecule has 0 saturated carbocycles. The van der Waals surface area contributed by atoms with Crippen LogP contribution in [0.1, 0.15) is 0 Å². The summed E-state index contributed by atoms with van der Waals surface area (Å²) in [6.45, 7) is 0. The Balaban J connectivity index is 2.27. The first-order valence-electron chi connectivity index (χ1n) is 4.61. The van der Waals surface area contributed by atoms with Gasteiger partial charge in [-0.3, -0.25) is 0 Å². The number of rotatable bonds is 3. The van der Waals surface area contributed by atoms with Crippen molar-refractivity contribution in [1.82, 2.24) is 10.2 Å². The summed E-state index contributed by atoms with van der Waals surface area (Å²) >= 11 is 5.90. The Morgan fingerprint density at radius 3 is 2.56 bits per heavy atom. The molecule has 82 valence electrons. The zero-order chi connectivity index (χ0) is 11.4. The maximum atomic E-state index is 5.90. The van der Waals surface area contributed by atoms with Crippen LogP contribution in [-0.2, 0) is 0 Å². The van der Waals surface area contributed by atoms with E-state index in [1.807, 2.05) is 30.3 Å². The molecule has 0 aliphatic heterocycles. The third kappa shape index (κ3) is 2.39. The van der Waals surface area contributed by atoms with E-state index in [1.165, 1.54) is 0 Å². The minimum Gasteiger partial charge on any atom is -0.353 e. The summed E-state index contributed by atoms with van der Waals surface area (Å²) in [7, 11) is 0. The molecule has 0 spiro atoms. The van der Waals surface area contributed by atoms with Crippen LogP contribution >= 0.6 is 11.6 Å². The highest BCUT2D eigenvalue weighted by atomic mass is 35.5. The normalized spacial score (nSPS) is 9.88. The highest BCUT2D eigenvalue weighted by Crippen LogP contribution is 2.24. The number of para-hydroxylation sites is 1. The summed E-state index contributed by atoms with van der Waals surface area (Å²) in [6, 6.07) is 11.3. The summed E-state index contributed by atoms with van der Waals surface area (Å²) in [5.74, 6) is 5.69. The van der Waals surface area contributed by atoms with E-state index in [-0.39, 0.29) is 0 Å². The molecule has 1 heterocycles. The van der Waals surface area contributed by atoms with Gasteiger partial charge >= 0.3 is 0 Å². The molecule has 0 fully saturated rings. The van der Waals surface area contributed by atoms with Crippen molar-refractivity contribution < 1.29 is 0 Å². The second kappa shape index (κ2) is 4.78. The van der Waals surface area contributed by atoms with Gasteiger partial charge < -0.3 is 10.7 Å². The lowest BCUT2D eigenvalue weighted by Gasteiger charge is -2.08. The van der Waals surface area contributed by atoms with Crippen molar-refractivity contribution in [2.45, 2.75) is 0 Å². The predicted molar refractivity (Wildman–Crippen MR) is 64.6 cm³/mol. The van der Waals surface area contributed by atoms with Gasteiger partial charge in [0, 0.05) is 11.8 Å². The summed E-state index contributed by atoms with van der Waals surface area (Å²) in [5.41, 5.74) is 3.97. The van der Waals surface area contributed by atoms with E-state index < -0.39 is 0 Å². The zero-order valence-electron chi connectivity index (χ0n) is 8.31. The molecule has 4 N–H and O–H groups in total. The Bertz CT molecular complexity index is 474. The van der Waals surface area contributed by atoms with Gasteiger partial charge in [-0.25, -0.2) is 5.84 Å². The zero-order valence-corrected chi connectivity index (χ0v) is 9.07. The van der Waals surface area contributed by atoms with E-state index >= 15 is 0 Å². The molecular weight excluding hydrogens is 226 g/mol. The van der Waals surface area contributed by atoms with Gasteiger partial charge in [-0.2, -0.15) is 0 Å². The number of hydrazine groups is 1. The smallest absolute Gasteiger partial charge is 0.175 e. The molecule has 1 aromatic carbocycles. The van der Waals surface area contributed by atoms with E-state index in [0.29, 0.717) is 16.7 Å². The van der Waals surface area contributed by atoms with Crippen molar-refractivity contribution in [3.05, 3.63) is 41.6 Å². The summed E-state index contributed by atoms with van der Waals surface area (Å²) in [5, 5.41) is 10.9. The lowest BCUT2D eigenvalue weighted by molar-refractivity contribution is 1.02. The molecule has 0 saturated heterocycles. The Labute approximate surface area is 97.6 Å². The molecule has 0 atom stereocenters. The number of hydrogen-bond donors (Lipinski definition) is 3. The molecule has 16 heavy (non-hydrogen) atoms. The fourth-order valence-electron chi connectivity index (χ4n) is 1.21. The van der Waals surface area contributed by atoms with Crippen molar-refractivity contribution in [1.29, 1.82) is 0 Å². The SMILES string of the molecule is NNc1cc(Nc2ccccc2)c(Cl)nn1. The number of hydrogen-bond acceptors (Lipinski definition) is 5. The molecule has 0 unspecified atom stereocenters. The van der Waals surface area contributed by atoms with Crippen LogP contribution in [0.25, 0.3) is 0 Å². The van der Waals surface area contributed by atoms with Gasteiger partial charge in [-0.05, 0) is 12.1 Å². The minimum absolute atomic E-state index is 0.294. The molecule has 2 aromatic rings. The Hall–Kier alpha value is -1.85. The molecule has 0 aliphatic rings. The molecule has 1 aromatic heterocycles. The molecule has 0 aliphatic carbocycles. The highest BCUT2D eigenvalue weighted by Gasteiger charge is 2.04. The topological polar surface area (TPSA) is 75.9 Å². The third-order valence-electron chi connectivity index (χ3n) is 1.95. The summed E-state index contributed by atoms with van der Waals surface area (Å²) < 4.78 is 0. The van der Waals surface area contributed by atoms with Crippen molar-refractivity contribution in [2.75, 3.05) is 10.7 Å². The van der Waals surface area contributed by atoms with Gasteiger partial charge in [0.25, 0.3) is 0 Å². The van der Waals surface area contributed by atoms with Crippen molar-refractivity contribution in [3.63, 3.8) is 0 Å². The van der Waals surface area contributed by atoms with E-state index in [0.717, 1.165) is 5.69 Å². The molecule has 0 bridgehead atoms. The van der Waals surface area contributed by atoms with Crippen LogP contribution in [0, 0.1) is 0 Å². The Kier molecular flexibility index (Phi) is 3.19. The van der Waals surface area contributed by atoms with Gasteiger partial charge in [0.1, 0.15) is 0 Å². The number of nitrogen functional groups attached to an aromatic ring is 1. The van der Waals surface area contributed by atoms with Crippen LogP contribution in [0.5, 0.6) is 0 Å². The molecule has 5 nitrogen and oxygen atoms in total. The minimum atomic E-state index is 0.294. The van der Waals surface area contributed by atoms with Crippen LogP contribution in [0.2, 0.25) is 5.15 Å². The fourth-order valence-corrected chi connectivity index (χ4v) is 1.35. The second-order valence-electron chi connectivity index (χ2n) is 3.07. The molecule has 0 radical (unpaired) electrons. The Morgan fingerprint density at radius 2 is 1.88 bits per heavy atom. The fraction of sp³-hybridized carbons (Fsp3) is 0. The molecular formula is C10H10ClN5. The monoisotopic (exact) mass is 235 g/mol. The number of nitrogens with two attached hydrogens (primary N) is 1. The van der Waals surface area contributed by atoms with Gasteiger partial charge in [-0.1, -0.05) is 29.8 Å². The molecule has 2 rings (SSSR count). The van der Waals surface area contributed by atoms with E-state index in [4.69, 9.17) is 17.4 Å². The van der Waals surface area contributed by atoms with Crippen molar-refractivity contribution in [3.8, 4) is 0 Å². The summed E-state index contributed by atoms with van der Waals surface area (Å²) in [6.07, 6.45) is 0. The number of nitrogens with one attached hydrogen (secondary N) is 2. The second-order valence-corrected chi connectivity index (χ2v) is 3.43. The summed E-state index contributed by atoms with van der Waals surface area (Å²) in [4.78, 5) is 0. The lowest BCUT2D eigenvalue weighted by atomic mass is 10.3. The van der Waals surface area contributed by atoms with Crippen LogP contribution in [0.15, 0.2) is 36.4 Å². The van der Waals surface area contributed by atoms with E-state index in [2.05, 4.69) is 20.9 Å². The number of halogens is 1. The van der Waals surface area contributed by atoms with Crippen LogP contribution < -0.4 is 16.6 Å². The average molecular weight is 236 g/mol. The van der Waals surface area contributed by atoms with Crippen molar-refractivity contribution >= 4 is 28.8 Å². The van der Waals surface area contributed by atoms with Crippen LogP contribution in [0.3, 0.4) is 0 Å². The first-order chi connectivity index (χ1) is 7.79. The number of aromatic nitrogens is 2. The molecule has 0 amide bonds. The maximum absolute atomic E-state index is 5.90.